The van der Waals surface area contributed by atoms with Gasteiger partial charge in [0.15, 0.2) is 5.82 Å². The number of ether oxygens (including phenoxy) is 3. The number of carboxylic acid groups (broad SMARTS) is 1. The Kier molecular flexibility index (Phi) is 8.44. The van der Waals surface area contributed by atoms with Crippen molar-refractivity contribution >= 4 is 5.97 Å². The third kappa shape index (κ3) is 6.00. The fourth-order valence-electron chi connectivity index (χ4n) is 6.41. The Morgan fingerprint density at radius 3 is 2.60 bits per heavy atom. The summed E-state index contributed by atoms with van der Waals surface area (Å²) in [6.07, 6.45) is 7.50. The molecule has 2 aliphatic rings. The molecule has 1 saturated carbocycles. The molecule has 0 radical (unpaired) electrons. The molecule has 2 aromatic carbocycles. The second kappa shape index (κ2) is 12.6. The lowest BCUT2D eigenvalue weighted by molar-refractivity contribution is 0.0350. The van der Waals surface area contributed by atoms with Gasteiger partial charge in [-0.05, 0) is 79.5 Å². The molecule has 1 aliphatic carbocycles. The minimum atomic E-state index is -1.11. The van der Waals surface area contributed by atoms with Crippen LogP contribution in [0.5, 0.6) is 11.6 Å². The predicted octanol–water partition coefficient (Wildman–Crippen LogP) is 5.84. The molecule has 0 atom stereocenters. The van der Waals surface area contributed by atoms with E-state index in [2.05, 4.69) is 28.2 Å². The van der Waals surface area contributed by atoms with E-state index in [0.717, 1.165) is 54.8 Å². The maximum atomic E-state index is 11.6. The number of aryl methyl sites for hydroxylation is 1. The largest absolute Gasteiger partial charge is 0.488 e. The molecule has 6 rings (SSSR count). The third-order valence-corrected chi connectivity index (χ3v) is 8.78. The quantitative estimate of drug-likeness (QED) is 0.263. The van der Waals surface area contributed by atoms with Crippen LogP contribution in [0.15, 0.2) is 60.8 Å². The number of carboxylic acids is 1. The molecule has 9 nitrogen and oxygen atoms in total. The Balaban J connectivity index is 1.18. The van der Waals surface area contributed by atoms with E-state index in [1.807, 2.05) is 44.4 Å². The molecular formula is C34H38N4O5. The first-order valence-corrected chi connectivity index (χ1v) is 14.9. The van der Waals surface area contributed by atoms with E-state index in [-0.39, 0.29) is 11.4 Å². The number of hydrogen-bond acceptors (Lipinski definition) is 7. The number of rotatable bonds is 9. The van der Waals surface area contributed by atoms with E-state index in [0.29, 0.717) is 30.3 Å². The standard InChI is InChI=1S/C34H38N4O5/c1-22-6-4-7-28(30-8-5-9-31(36-30)38-33(42-3)29(19-35-38)34(39)40)32(22)43-21-23-10-11-25-20-37(17-16-24(25)18-23)26-12-14-27(41-2)15-13-26/h4-11,18-19,26-27H,12-17,20-21H2,1-3H3,(H,39,40)/t26-,27+. The summed E-state index contributed by atoms with van der Waals surface area (Å²) in [5.74, 6) is 0.219. The van der Waals surface area contributed by atoms with Crippen molar-refractivity contribution in [3.05, 3.63) is 88.6 Å². The van der Waals surface area contributed by atoms with Crippen LogP contribution in [0.1, 0.15) is 58.3 Å². The average Bonchev–Trinajstić information content (AvgIpc) is 3.49. The number of methoxy groups -OCH3 is 2. The molecule has 224 valence electrons. The molecule has 1 fully saturated rings. The Bertz CT molecular complexity index is 1610. The fourth-order valence-corrected chi connectivity index (χ4v) is 6.41. The van der Waals surface area contributed by atoms with Gasteiger partial charge >= 0.3 is 5.97 Å². The van der Waals surface area contributed by atoms with Crippen molar-refractivity contribution in [2.75, 3.05) is 20.8 Å². The highest BCUT2D eigenvalue weighted by Crippen LogP contribution is 2.34. The number of benzene rings is 2. The second-order valence-corrected chi connectivity index (χ2v) is 11.4. The van der Waals surface area contributed by atoms with E-state index in [4.69, 9.17) is 19.2 Å². The Morgan fingerprint density at radius 2 is 1.84 bits per heavy atom. The molecule has 4 aromatic rings. The molecule has 2 aromatic heterocycles. The molecule has 0 unspecified atom stereocenters. The molecule has 9 heteroatoms. The summed E-state index contributed by atoms with van der Waals surface area (Å²) >= 11 is 0. The van der Waals surface area contributed by atoms with Crippen molar-refractivity contribution < 1.29 is 24.1 Å². The summed E-state index contributed by atoms with van der Waals surface area (Å²) < 4.78 is 18.8. The lowest BCUT2D eigenvalue weighted by Gasteiger charge is -2.39. The normalized spacial score (nSPS) is 18.7. The van der Waals surface area contributed by atoms with Crippen LogP contribution in [0.2, 0.25) is 0 Å². The SMILES string of the molecule is COc1c(C(=O)O)cnn1-c1cccc(-c2cccc(C)c2OCc2ccc3c(c2)CCN([C@H]2CC[C@@H](OC)CC2)C3)n1. The van der Waals surface area contributed by atoms with Crippen LogP contribution in [0.3, 0.4) is 0 Å². The van der Waals surface area contributed by atoms with Crippen molar-refractivity contribution in [1.29, 1.82) is 0 Å². The third-order valence-electron chi connectivity index (χ3n) is 8.78. The number of fused-ring (bicyclic) bond motifs is 1. The predicted molar refractivity (Wildman–Crippen MR) is 163 cm³/mol. The van der Waals surface area contributed by atoms with Gasteiger partial charge in [-0.25, -0.2) is 9.78 Å². The zero-order valence-electron chi connectivity index (χ0n) is 25.0. The maximum Gasteiger partial charge on any atom is 0.342 e. The van der Waals surface area contributed by atoms with Crippen molar-refractivity contribution in [1.82, 2.24) is 19.7 Å². The summed E-state index contributed by atoms with van der Waals surface area (Å²) in [5, 5.41) is 13.7. The molecule has 1 aliphatic heterocycles. The fraction of sp³-hybridized carbons (Fsp3) is 0.382. The minimum Gasteiger partial charge on any atom is -0.488 e. The molecule has 43 heavy (non-hydrogen) atoms. The zero-order valence-corrected chi connectivity index (χ0v) is 25.0. The van der Waals surface area contributed by atoms with E-state index < -0.39 is 5.97 Å². The summed E-state index contributed by atoms with van der Waals surface area (Å²) in [4.78, 5) is 19.0. The molecule has 0 spiro atoms. The van der Waals surface area contributed by atoms with Gasteiger partial charge < -0.3 is 19.3 Å². The van der Waals surface area contributed by atoms with Gasteiger partial charge in [0, 0.05) is 31.8 Å². The topological polar surface area (TPSA) is 98.9 Å². The monoisotopic (exact) mass is 582 g/mol. The van der Waals surface area contributed by atoms with Crippen LogP contribution in [0.25, 0.3) is 17.1 Å². The minimum absolute atomic E-state index is 0.0266. The lowest BCUT2D eigenvalue weighted by Crippen LogP contribution is -2.42. The van der Waals surface area contributed by atoms with Crippen molar-refractivity contribution in [3.8, 4) is 28.7 Å². The Labute approximate surface area is 252 Å². The number of nitrogens with zero attached hydrogens (tertiary/aromatic N) is 4. The van der Waals surface area contributed by atoms with E-state index in [9.17, 15) is 9.90 Å². The zero-order chi connectivity index (χ0) is 29.9. The van der Waals surface area contributed by atoms with Crippen LogP contribution < -0.4 is 9.47 Å². The number of aromatic nitrogens is 3. The molecular weight excluding hydrogens is 544 g/mol. The molecule has 0 amide bonds. The summed E-state index contributed by atoms with van der Waals surface area (Å²) in [6, 6.07) is 18.9. The van der Waals surface area contributed by atoms with Crippen molar-refractivity contribution in [2.45, 2.75) is 64.3 Å². The first-order valence-electron chi connectivity index (χ1n) is 14.9. The number of hydrogen-bond donors (Lipinski definition) is 1. The first-order chi connectivity index (χ1) is 20.9. The smallest absolute Gasteiger partial charge is 0.342 e. The van der Waals surface area contributed by atoms with E-state index in [1.165, 1.54) is 42.0 Å². The average molecular weight is 583 g/mol. The number of pyridine rings is 1. The number of aromatic carboxylic acids is 1. The van der Waals surface area contributed by atoms with Crippen LogP contribution in [-0.2, 0) is 24.3 Å². The Hall–Kier alpha value is -4.21. The summed E-state index contributed by atoms with van der Waals surface area (Å²) in [5.41, 5.74) is 6.50. The molecule has 0 saturated heterocycles. The van der Waals surface area contributed by atoms with Gasteiger partial charge in [-0.3, -0.25) is 4.90 Å². The van der Waals surface area contributed by atoms with Gasteiger partial charge in [-0.2, -0.15) is 9.78 Å². The molecule has 1 N–H and O–H groups in total. The maximum absolute atomic E-state index is 11.6. The summed E-state index contributed by atoms with van der Waals surface area (Å²) in [6.45, 7) is 4.58. The van der Waals surface area contributed by atoms with E-state index >= 15 is 0 Å². The van der Waals surface area contributed by atoms with Crippen LogP contribution in [0, 0.1) is 6.92 Å². The first kappa shape index (κ1) is 28.9. The van der Waals surface area contributed by atoms with Gasteiger partial charge in [0.05, 0.1) is 25.1 Å². The summed E-state index contributed by atoms with van der Waals surface area (Å²) in [7, 11) is 3.25. The highest BCUT2D eigenvalue weighted by molar-refractivity contribution is 5.90. The number of carbonyl (C=O) groups is 1. The van der Waals surface area contributed by atoms with Gasteiger partial charge in [0.25, 0.3) is 0 Å². The molecule has 3 heterocycles. The second-order valence-electron chi connectivity index (χ2n) is 11.4. The van der Waals surface area contributed by atoms with Gasteiger partial charge in [0.2, 0.25) is 5.88 Å². The Morgan fingerprint density at radius 1 is 1.02 bits per heavy atom. The molecule has 0 bridgehead atoms. The van der Waals surface area contributed by atoms with Crippen LogP contribution >= 0.6 is 0 Å². The van der Waals surface area contributed by atoms with Crippen LogP contribution in [0.4, 0.5) is 0 Å². The van der Waals surface area contributed by atoms with Crippen molar-refractivity contribution in [2.24, 2.45) is 0 Å². The van der Waals surface area contributed by atoms with Crippen LogP contribution in [-0.4, -0.2) is 63.7 Å². The lowest BCUT2D eigenvalue weighted by atomic mass is 9.89. The van der Waals surface area contributed by atoms with Crippen molar-refractivity contribution in [3.63, 3.8) is 0 Å². The van der Waals surface area contributed by atoms with Gasteiger partial charge in [-0.1, -0.05) is 36.4 Å². The highest BCUT2D eigenvalue weighted by Gasteiger charge is 2.28. The highest BCUT2D eigenvalue weighted by atomic mass is 16.5. The van der Waals surface area contributed by atoms with Gasteiger partial charge in [0.1, 0.15) is 17.9 Å². The number of para-hydroxylation sites is 1. The van der Waals surface area contributed by atoms with E-state index in [1.54, 1.807) is 6.07 Å². The van der Waals surface area contributed by atoms with Gasteiger partial charge in [-0.15, -0.1) is 0 Å².